The Labute approximate surface area is 114 Å². The minimum Gasteiger partial charge on any atom is -0.396 e. The zero-order chi connectivity index (χ0) is 13.8. The number of aromatic nitrogens is 4. The van der Waals surface area contributed by atoms with Crippen LogP contribution in [-0.4, -0.2) is 24.0 Å². The van der Waals surface area contributed by atoms with E-state index in [9.17, 15) is 4.21 Å². The normalized spacial score (nSPS) is 12.8. The van der Waals surface area contributed by atoms with Gasteiger partial charge in [0.2, 0.25) is 0 Å². The van der Waals surface area contributed by atoms with Crippen molar-refractivity contribution in [3.8, 4) is 0 Å². The molecule has 0 fully saturated rings. The first-order valence-electron chi connectivity index (χ1n) is 6.02. The van der Waals surface area contributed by atoms with E-state index >= 15 is 0 Å². The fraction of sp³-hybridized carbons (Fsp3) is 0.417. The minimum absolute atomic E-state index is 0.306. The Morgan fingerprint density at radius 1 is 1.47 bits per heavy atom. The molecule has 2 N–H and O–H groups in total. The number of anilines is 1. The van der Waals surface area contributed by atoms with E-state index < -0.39 is 10.8 Å². The first-order valence-corrected chi connectivity index (χ1v) is 7.34. The molecule has 6 nitrogen and oxygen atoms in total. The molecular formula is C12H17N5OS. The highest BCUT2D eigenvalue weighted by Crippen LogP contribution is 2.17. The molecule has 0 spiro atoms. The van der Waals surface area contributed by atoms with Crippen LogP contribution in [0, 0.1) is 5.92 Å². The van der Waals surface area contributed by atoms with Gasteiger partial charge in [-0.05, 0) is 12.0 Å². The van der Waals surface area contributed by atoms with Gasteiger partial charge in [0.15, 0.2) is 0 Å². The molecule has 102 valence electrons. The summed E-state index contributed by atoms with van der Waals surface area (Å²) in [5.41, 5.74) is 6.21. The van der Waals surface area contributed by atoms with Crippen LogP contribution in [0.15, 0.2) is 29.7 Å². The molecule has 1 atom stereocenters. The van der Waals surface area contributed by atoms with Crippen molar-refractivity contribution in [3.63, 3.8) is 0 Å². The van der Waals surface area contributed by atoms with E-state index in [4.69, 9.17) is 5.73 Å². The molecule has 0 amide bonds. The van der Waals surface area contributed by atoms with Crippen LogP contribution in [0.2, 0.25) is 0 Å². The predicted octanol–water partition coefficient (Wildman–Crippen LogP) is 1.22. The number of nitrogen functional groups attached to an aromatic ring is 1. The quantitative estimate of drug-likeness (QED) is 0.889. The van der Waals surface area contributed by atoms with Crippen molar-refractivity contribution < 1.29 is 4.21 Å². The average Bonchev–Trinajstić information content (AvgIpc) is 2.76. The smallest absolute Gasteiger partial charge is 0.139 e. The molecule has 0 aliphatic rings. The van der Waals surface area contributed by atoms with Gasteiger partial charge in [-0.15, -0.1) is 0 Å². The van der Waals surface area contributed by atoms with Crippen molar-refractivity contribution in [1.29, 1.82) is 0 Å². The molecule has 7 heteroatoms. The second-order valence-electron chi connectivity index (χ2n) is 4.66. The maximum Gasteiger partial charge on any atom is 0.139 e. The molecule has 0 radical (unpaired) electrons. The summed E-state index contributed by atoms with van der Waals surface area (Å²) >= 11 is 0. The van der Waals surface area contributed by atoms with Gasteiger partial charge in [-0.1, -0.05) is 13.8 Å². The van der Waals surface area contributed by atoms with Crippen LogP contribution >= 0.6 is 0 Å². The Bertz CT molecular complexity index is 581. The summed E-state index contributed by atoms with van der Waals surface area (Å²) in [6, 6.07) is 1.68. The van der Waals surface area contributed by atoms with E-state index in [0.29, 0.717) is 28.1 Å². The van der Waals surface area contributed by atoms with Crippen LogP contribution in [0.3, 0.4) is 0 Å². The number of hydrogen-bond acceptors (Lipinski definition) is 5. The molecule has 0 aromatic carbocycles. The van der Waals surface area contributed by atoms with Gasteiger partial charge in [0.1, 0.15) is 12.2 Å². The molecule has 0 aliphatic carbocycles. The second kappa shape index (κ2) is 5.92. The zero-order valence-electron chi connectivity index (χ0n) is 11.0. The maximum absolute atomic E-state index is 12.3. The van der Waals surface area contributed by atoms with Crippen molar-refractivity contribution >= 4 is 16.5 Å². The first kappa shape index (κ1) is 13.7. The molecule has 0 saturated carbocycles. The SMILES string of the molecule is CC(C)Cn1ncnc1CS(=O)c1ccncc1N. The lowest BCUT2D eigenvalue weighted by Crippen LogP contribution is -2.12. The predicted molar refractivity (Wildman–Crippen MR) is 73.6 cm³/mol. The lowest BCUT2D eigenvalue weighted by molar-refractivity contribution is 0.471. The molecular weight excluding hydrogens is 262 g/mol. The molecule has 0 bridgehead atoms. The van der Waals surface area contributed by atoms with Crippen LogP contribution in [0.1, 0.15) is 19.7 Å². The van der Waals surface area contributed by atoms with E-state index in [1.54, 1.807) is 16.9 Å². The van der Waals surface area contributed by atoms with E-state index in [0.717, 1.165) is 6.54 Å². The van der Waals surface area contributed by atoms with Crippen LogP contribution in [-0.2, 0) is 23.1 Å². The summed E-state index contributed by atoms with van der Waals surface area (Å²) in [4.78, 5) is 8.65. The van der Waals surface area contributed by atoms with Gasteiger partial charge in [-0.3, -0.25) is 9.19 Å². The molecule has 0 saturated heterocycles. The Hall–Kier alpha value is -1.76. The highest BCUT2D eigenvalue weighted by molar-refractivity contribution is 7.84. The highest BCUT2D eigenvalue weighted by Gasteiger charge is 2.13. The lowest BCUT2D eigenvalue weighted by Gasteiger charge is -2.09. The topological polar surface area (TPSA) is 86.7 Å². The zero-order valence-corrected chi connectivity index (χ0v) is 11.8. The van der Waals surface area contributed by atoms with Crippen LogP contribution < -0.4 is 5.73 Å². The summed E-state index contributed by atoms with van der Waals surface area (Å²) in [6.07, 6.45) is 4.58. The van der Waals surface area contributed by atoms with Gasteiger partial charge in [-0.2, -0.15) is 5.10 Å². The minimum atomic E-state index is -1.24. The average molecular weight is 279 g/mol. The Balaban J connectivity index is 2.16. The fourth-order valence-corrected chi connectivity index (χ4v) is 2.84. The Morgan fingerprint density at radius 2 is 2.26 bits per heavy atom. The van der Waals surface area contributed by atoms with E-state index in [-0.39, 0.29) is 0 Å². The van der Waals surface area contributed by atoms with Crippen molar-refractivity contribution in [2.24, 2.45) is 5.92 Å². The second-order valence-corrected chi connectivity index (χ2v) is 6.08. The number of pyridine rings is 1. The molecule has 2 rings (SSSR count). The first-order chi connectivity index (χ1) is 9.08. The maximum atomic E-state index is 12.3. The third-order valence-corrected chi connectivity index (χ3v) is 3.93. The van der Waals surface area contributed by atoms with Gasteiger partial charge in [0, 0.05) is 12.7 Å². The molecule has 2 aromatic rings. The van der Waals surface area contributed by atoms with Crippen molar-refractivity contribution in [1.82, 2.24) is 19.7 Å². The van der Waals surface area contributed by atoms with Gasteiger partial charge in [-0.25, -0.2) is 9.67 Å². The van der Waals surface area contributed by atoms with Crippen molar-refractivity contribution in [2.75, 3.05) is 5.73 Å². The molecule has 2 heterocycles. The Morgan fingerprint density at radius 3 is 2.95 bits per heavy atom. The van der Waals surface area contributed by atoms with Crippen molar-refractivity contribution in [2.45, 2.75) is 31.0 Å². The van der Waals surface area contributed by atoms with Crippen molar-refractivity contribution in [3.05, 3.63) is 30.6 Å². The monoisotopic (exact) mass is 279 g/mol. The molecule has 1 unspecified atom stereocenters. The number of rotatable bonds is 5. The third kappa shape index (κ3) is 3.37. The van der Waals surface area contributed by atoms with E-state index in [1.165, 1.54) is 12.5 Å². The largest absolute Gasteiger partial charge is 0.396 e. The fourth-order valence-electron chi connectivity index (χ4n) is 1.69. The third-order valence-electron chi connectivity index (χ3n) is 2.55. The lowest BCUT2D eigenvalue weighted by atomic mass is 10.2. The van der Waals surface area contributed by atoms with Gasteiger partial charge >= 0.3 is 0 Å². The highest BCUT2D eigenvalue weighted by atomic mass is 32.2. The number of nitrogens with two attached hydrogens (primary N) is 1. The Kier molecular flexibility index (Phi) is 4.26. The van der Waals surface area contributed by atoms with E-state index in [2.05, 4.69) is 28.9 Å². The number of nitrogens with zero attached hydrogens (tertiary/aromatic N) is 4. The van der Waals surface area contributed by atoms with Crippen LogP contribution in [0.5, 0.6) is 0 Å². The van der Waals surface area contributed by atoms with Gasteiger partial charge in [0.05, 0.1) is 33.3 Å². The molecule has 19 heavy (non-hydrogen) atoms. The molecule has 2 aromatic heterocycles. The van der Waals surface area contributed by atoms with E-state index in [1.807, 2.05) is 0 Å². The summed E-state index contributed by atoms with van der Waals surface area (Å²) < 4.78 is 14.1. The summed E-state index contributed by atoms with van der Waals surface area (Å²) in [5.74, 6) is 1.48. The summed E-state index contributed by atoms with van der Waals surface area (Å²) in [5, 5.41) is 4.15. The molecule has 0 aliphatic heterocycles. The van der Waals surface area contributed by atoms with Gasteiger partial charge in [0.25, 0.3) is 0 Å². The number of hydrogen-bond donors (Lipinski definition) is 1. The summed E-state index contributed by atoms with van der Waals surface area (Å²) in [7, 11) is -1.24. The van der Waals surface area contributed by atoms with Gasteiger partial charge < -0.3 is 5.73 Å². The summed E-state index contributed by atoms with van der Waals surface area (Å²) in [6.45, 7) is 4.96. The standard InChI is InChI=1S/C12H17N5OS/c1-9(2)6-17-12(15-8-16-17)7-19(18)11-3-4-14-5-10(11)13/h3-5,8-9H,6-7,13H2,1-2H3. The van der Waals surface area contributed by atoms with Crippen LogP contribution in [0.25, 0.3) is 0 Å². The van der Waals surface area contributed by atoms with Crippen LogP contribution in [0.4, 0.5) is 5.69 Å².